The highest BCUT2D eigenvalue weighted by atomic mass is 16.2. The number of H-pyrrole nitrogens is 1. The highest BCUT2D eigenvalue weighted by Gasteiger charge is 2.10. The Labute approximate surface area is 112 Å². The smallest absolute Gasteiger partial charge is 0.330 e. The maximum Gasteiger partial charge on any atom is 0.330 e. The van der Waals surface area contributed by atoms with E-state index >= 15 is 0 Å². The van der Waals surface area contributed by atoms with Crippen LogP contribution in [0.1, 0.15) is 0 Å². The lowest BCUT2D eigenvalue weighted by molar-refractivity contribution is 0.724. The molecule has 100 valence electrons. The van der Waals surface area contributed by atoms with Gasteiger partial charge in [0.05, 0.1) is 11.0 Å². The zero-order valence-electron chi connectivity index (χ0n) is 10.5. The van der Waals surface area contributed by atoms with E-state index in [1.165, 1.54) is 6.08 Å². The molecule has 0 amide bonds. The molecule has 2 aromatic heterocycles. The molecule has 20 heavy (non-hydrogen) atoms. The summed E-state index contributed by atoms with van der Waals surface area (Å²) in [6.45, 7) is 3.63. The molecule has 0 bridgehead atoms. The Kier molecular flexibility index (Phi) is 2.60. The van der Waals surface area contributed by atoms with Crippen LogP contribution in [0.4, 0.5) is 5.69 Å². The van der Waals surface area contributed by atoms with E-state index < -0.39 is 11.2 Å². The third-order valence-electron chi connectivity index (χ3n) is 2.92. The first-order valence-corrected chi connectivity index (χ1v) is 5.91. The summed E-state index contributed by atoms with van der Waals surface area (Å²) in [4.78, 5) is 35.0. The maximum atomic E-state index is 12.2. The Hall–Kier alpha value is -2.96. The highest BCUT2D eigenvalue weighted by molar-refractivity contribution is 5.85. The zero-order valence-corrected chi connectivity index (χ0v) is 10.5. The summed E-state index contributed by atoms with van der Waals surface area (Å²) in [7, 11) is 0. The summed E-state index contributed by atoms with van der Waals surface area (Å²) in [6.07, 6.45) is 1.47. The van der Waals surface area contributed by atoms with Gasteiger partial charge in [0.15, 0.2) is 11.2 Å². The molecule has 0 saturated carbocycles. The van der Waals surface area contributed by atoms with Gasteiger partial charge >= 0.3 is 5.69 Å². The number of allylic oxidation sites excluding steroid dienone is 1. The van der Waals surface area contributed by atoms with Crippen molar-refractivity contribution in [3.63, 3.8) is 0 Å². The third-order valence-corrected chi connectivity index (χ3v) is 2.92. The summed E-state index contributed by atoms with van der Waals surface area (Å²) >= 11 is 0. The van der Waals surface area contributed by atoms with Gasteiger partial charge in [0, 0.05) is 12.2 Å². The minimum atomic E-state index is -0.542. The molecule has 7 nitrogen and oxygen atoms in total. The monoisotopic (exact) mass is 269 g/mol. The lowest BCUT2D eigenvalue weighted by atomic mass is 10.2. The SMILES string of the molecule is C=CCn1c(=O)[nH]c2nc3cc(N)ccc3nc2c1=O. The normalized spacial score (nSPS) is 11.0. The Morgan fingerprint density at radius 2 is 2.10 bits per heavy atom. The van der Waals surface area contributed by atoms with Crippen molar-refractivity contribution in [3.8, 4) is 0 Å². The van der Waals surface area contributed by atoms with Crippen molar-refractivity contribution >= 4 is 27.9 Å². The van der Waals surface area contributed by atoms with Crippen LogP contribution in [-0.4, -0.2) is 19.5 Å². The molecule has 0 aliphatic carbocycles. The number of fused-ring (bicyclic) bond motifs is 2. The lowest BCUT2D eigenvalue weighted by Gasteiger charge is -2.04. The largest absolute Gasteiger partial charge is 0.399 e. The second-order valence-corrected chi connectivity index (χ2v) is 4.30. The first kappa shape index (κ1) is 12.1. The fourth-order valence-electron chi connectivity index (χ4n) is 1.99. The van der Waals surface area contributed by atoms with E-state index in [2.05, 4.69) is 21.5 Å². The minimum Gasteiger partial charge on any atom is -0.399 e. The van der Waals surface area contributed by atoms with Crippen molar-refractivity contribution in [1.29, 1.82) is 0 Å². The highest BCUT2D eigenvalue weighted by Crippen LogP contribution is 2.14. The number of hydrogen-bond donors (Lipinski definition) is 2. The summed E-state index contributed by atoms with van der Waals surface area (Å²) in [5.41, 5.74) is 6.51. The van der Waals surface area contributed by atoms with Crippen molar-refractivity contribution < 1.29 is 0 Å². The molecule has 3 N–H and O–H groups in total. The minimum absolute atomic E-state index is 0.115. The average molecular weight is 269 g/mol. The van der Waals surface area contributed by atoms with Gasteiger partial charge in [-0.15, -0.1) is 6.58 Å². The number of nitrogen functional groups attached to an aromatic ring is 1. The van der Waals surface area contributed by atoms with Gasteiger partial charge in [-0.3, -0.25) is 14.3 Å². The van der Waals surface area contributed by atoms with Gasteiger partial charge < -0.3 is 5.73 Å². The molecule has 0 spiro atoms. The lowest BCUT2D eigenvalue weighted by Crippen LogP contribution is -2.35. The van der Waals surface area contributed by atoms with E-state index in [4.69, 9.17) is 5.73 Å². The fourth-order valence-corrected chi connectivity index (χ4v) is 1.99. The fraction of sp³-hybridized carbons (Fsp3) is 0.0769. The summed E-state index contributed by atoms with van der Waals surface area (Å²) in [6, 6.07) is 4.99. The Balaban J connectivity index is 2.46. The molecular weight excluding hydrogens is 258 g/mol. The number of aromatic amines is 1. The molecule has 3 aromatic rings. The Bertz CT molecular complexity index is 955. The number of nitrogens with one attached hydrogen (secondary N) is 1. The number of aromatic nitrogens is 4. The van der Waals surface area contributed by atoms with Gasteiger partial charge in [-0.1, -0.05) is 6.08 Å². The second-order valence-electron chi connectivity index (χ2n) is 4.30. The summed E-state index contributed by atoms with van der Waals surface area (Å²) in [5, 5.41) is 0. The summed E-state index contributed by atoms with van der Waals surface area (Å²) < 4.78 is 1.02. The Morgan fingerprint density at radius 3 is 2.85 bits per heavy atom. The molecule has 0 unspecified atom stereocenters. The predicted octanol–water partition coefficient (Wildman–Crippen LogP) is 0.401. The number of hydrogen-bond acceptors (Lipinski definition) is 5. The second kappa shape index (κ2) is 4.30. The molecular formula is C13H11N5O2. The number of nitrogens with zero attached hydrogens (tertiary/aromatic N) is 3. The van der Waals surface area contributed by atoms with Crippen LogP contribution >= 0.6 is 0 Å². The van der Waals surface area contributed by atoms with Crippen molar-refractivity contribution in [1.82, 2.24) is 19.5 Å². The zero-order chi connectivity index (χ0) is 14.3. The van der Waals surface area contributed by atoms with Gasteiger partial charge in [-0.05, 0) is 18.2 Å². The molecule has 3 rings (SSSR count). The quantitative estimate of drug-likeness (QED) is 0.398. The Morgan fingerprint density at radius 1 is 1.30 bits per heavy atom. The molecule has 1 aromatic carbocycles. The van der Waals surface area contributed by atoms with Crippen LogP contribution in [-0.2, 0) is 6.54 Å². The van der Waals surface area contributed by atoms with Crippen molar-refractivity contribution in [2.45, 2.75) is 6.54 Å². The van der Waals surface area contributed by atoms with Crippen LogP contribution in [0.2, 0.25) is 0 Å². The van der Waals surface area contributed by atoms with E-state index in [0.29, 0.717) is 16.7 Å². The van der Waals surface area contributed by atoms with Crippen LogP contribution in [0.15, 0.2) is 40.4 Å². The number of rotatable bonds is 2. The van der Waals surface area contributed by atoms with Gasteiger partial charge in [-0.25, -0.2) is 14.8 Å². The van der Waals surface area contributed by atoms with E-state index in [9.17, 15) is 9.59 Å². The molecule has 0 saturated heterocycles. The van der Waals surface area contributed by atoms with Crippen LogP contribution in [0.25, 0.3) is 22.2 Å². The van der Waals surface area contributed by atoms with Crippen molar-refractivity contribution in [2.24, 2.45) is 0 Å². The van der Waals surface area contributed by atoms with E-state index in [1.807, 2.05) is 0 Å². The number of nitrogens with two attached hydrogens (primary N) is 1. The predicted molar refractivity (Wildman–Crippen MR) is 76.5 cm³/mol. The van der Waals surface area contributed by atoms with Gasteiger partial charge in [0.1, 0.15) is 0 Å². The van der Waals surface area contributed by atoms with Crippen molar-refractivity contribution in [3.05, 3.63) is 51.7 Å². The molecule has 0 fully saturated rings. The average Bonchev–Trinajstić information content (AvgIpc) is 2.42. The number of anilines is 1. The van der Waals surface area contributed by atoms with E-state index in [0.717, 1.165) is 4.57 Å². The van der Waals surface area contributed by atoms with E-state index in [-0.39, 0.29) is 17.7 Å². The molecule has 0 aliphatic heterocycles. The molecule has 7 heteroatoms. The first-order chi connectivity index (χ1) is 9.60. The third kappa shape index (κ3) is 1.76. The van der Waals surface area contributed by atoms with Crippen LogP contribution in [0.5, 0.6) is 0 Å². The van der Waals surface area contributed by atoms with Crippen molar-refractivity contribution in [2.75, 3.05) is 5.73 Å². The van der Waals surface area contributed by atoms with Crippen LogP contribution < -0.4 is 17.0 Å². The molecule has 0 atom stereocenters. The molecule has 0 aliphatic rings. The van der Waals surface area contributed by atoms with Gasteiger partial charge in [0.2, 0.25) is 0 Å². The van der Waals surface area contributed by atoms with E-state index in [1.54, 1.807) is 18.2 Å². The van der Waals surface area contributed by atoms with Gasteiger partial charge in [0.25, 0.3) is 5.56 Å². The molecule has 2 heterocycles. The van der Waals surface area contributed by atoms with Gasteiger partial charge in [-0.2, -0.15) is 0 Å². The topological polar surface area (TPSA) is 107 Å². The van der Waals surface area contributed by atoms with Crippen LogP contribution in [0, 0.1) is 0 Å². The first-order valence-electron chi connectivity index (χ1n) is 5.91. The molecule has 0 radical (unpaired) electrons. The van der Waals surface area contributed by atoms with Crippen LogP contribution in [0.3, 0.4) is 0 Å². The summed E-state index contributed by atoms with van der Waals surface area (Å²) in [5.74, 6) is 0. The number of benzene rings is 1. The maximum absolute atomic E-state index is 12.2. The standard InChI is InChI=1S/C13H11N5O2/c1-2-5-18-12(19)10-11(17-13(18)20)16-9-6-7(14)3-4-8(9)15-10/h2-4,6H,1,5,14H2,(H,16,17,20).